The smallest absolute Gasteiger partial charge is 0.0179 e. The second-order valence-electron chi connectivity index (χ2n) is 3.39. The summed E-state index contributed by atoms with van der Waals surface area (Å²) in [5.74, 6) is 0. The van der Waals surface area contributed by atoms with Gasteiger partial charge in [-0.05, 0) is 25.7 Å². The molecular formula is C10H16N2. The monoisotopic (exact) mass is 164 g/mol. The van der Waals surface area contributed by atoms with Crippen molar-refractivity contribution in [3.8, 4) is 0 Å². The highest BCUT2D eigenvalue weighted by atomic mass is 14.9. The van der Waals surface area contributed by atoms with Gasteiger partial charge in [-0.3, -0.25) is 0 Å². The van der Waals surface area contributed by atoms with Crippen molar-refractivity contribution in [2.45, 2.75) is 25.7 Å². The van der Waals surface area contributed by atoms with E-state index in [1.807, 2.05) is 0 Å². The van der Waals surface area contributed by atoms with Crippen molar-refractivity contribution in [3.05, 3.63) is 23.5 Å². The van der Waals surface area contributed by atoms with E-state index in [4.69, 9.17) is 0 Å². The summed E-state index contributed by atoms with van der Waals surface area (Å²) in [5.41, 5.74) is 2.87. The van der Waals surface area contributed by atoms with Gasteiger partial charge in [0.15, 0.2) is 0 Å². The van der Waals surface area contributed by atoms with E-state index in [0.717, 1.165) is 13.1 Å². The Morgan fingerprint density at radius 1 is 0.917 bits per heavy atom. The van der Waals surface area contributed by atoms with Crippen LogP contribution in [0.4, 0.5) is 0 Å². The molecule has 0 atom stereocenters. The zero-order valence-corrected chi connectivity index (χ0v) is 7.40. The largest absolute Gasteiger partial charge is 0.388 e. The lowest BCUT2D eigenvalue weighted by atomic mass is 10.2. The third-order valence-electron chi connectivity index (χ3n) is 2.44. The molecule has 2 nitrogen and oxygen atoms in total. The number of rotatable bonds is 3. The van der Waals surface area contributed by atoms with Gasteiger partial charge in [-0.1, -0.05) is 12.2 Å². The number of hydrogen-bond donors (Lipinski definition) is 2. The molecule has 0 aliphatic carbocycles. The highest BCUT2D eigenvalue weighted by Crippen LogP contribution is 2.14. The van der Waals surface area contributed by atoms with Crippen LogP contribution < -0.4 is 10.6 Å². The molecule has 0 amide bonds. The van der Waals surface area contributed by atoms with E-state index in [0.29, 0.717) is 0 Å². The second-order valence-corrected chi connectivity index (χ2v) is 3.39. The normalized spacial score (nSPS) is 21.3. The average molecular weight is 164 g/mol. The Morgan fingerprint density at radius 2 is 1.42 bits per heavy atom. The first-order valence-electron chi connectivity index (χ1n) is 4.81. The van der Waals surface area contributed by atoms with Crippen molar-refractivity contribution in [2.75, 3.05) is 13.1 Å². The maximum Gasteiger partial charge on any atom is 0.0179 e. The van der Waals surface area contributed by atoms with Gasteiger partial charge in [-0.25, -0.2) is 0 Å². The maximum absolute atomic E-state index is 3.39. The van der Waals surface area contributed by atoms with Crippen LogP contribution >= 0.6 is 0 Å². The van der Waals surface area contributed by atoms with Gasteiger partial charge in [-0.15, -0.1) is 0 Å². The first-order chi connectivity index (χ1) is 5.95. The van der Waals surface area contributed by atoms with Crippen molar-refractivity contribution >= 4 is 0 Å². The number of allylic oxidation sites excluding steroid dienone is 2. The molecule has 0 radical (unpaired) electrons. The van der Waals surface area contributed by atoms with Gasteiger partial charge in [0.05, 0.1) is 0 Å². The van der Waals surface area contributed by atoms with Gasteiger partial charge in [0, 0.05) is 24.5 Å². The van der Waals surface area contributed by atoms with Crippen molar-refractivity contribution in [1.82, 2.24) is 10.6 Å². The lowest BCUT2D eigenvalue weighted by Gasteiger charge is -2.05. The van der Waals surface area contributed by atoms with Crippen molar-refractivity contribution in [1.29, 1.82) is 0 Å². The highest BCUT2D eigenvalue weighted by Gasteiger charge is 2.06. The SMILES string of the molecule is C1=C(CCC2=CCCN2)NCC1. The Morgan fingerprint density at radius 3 is 1.75 bits per heavy atom. The predicted molar refractivity (Wildman–Crippen MR) is 50.6 cm³/mol. The van der Waals surface area contributed by atoms with E-state index >= 15 is 0 Å². The molecule has 0 spiro atoms. The molecule has 0 unspecified atom stereocenters. The summed E-state index contributed by atoms with van der Waals surface area (Å²) in [6.07, 6.45) is 9.41. The van der Waals surface area contributed by atoms with Crippen LogP contribution in [0, 0.1) is 0 Å². The zero-order valence-electron chi connectivity index (χ0n) is 7.40. The Kier molecular flexibility index (Phi) is 2.35. The molecule has 0 bridgehead atoms. The minimum Gasteiger partial charge on any atom is -0.388 e. The third kappa shape index (κ3) is 1.81. The van der Waals surface area contributed by atoms with Gasteiger partial charge in [0.1, 0.15) is 0 Å². The molecule has 2 N–H and O–H groups in total. The molecule has 0 saturated heterocycles. The molecule has 12 heavy (non-hydrogen) atoms. The molecule has 2 rings (SSSR count). The van der Waals surface area contributed by atoms with E-state index in [9.17, 15) is 0 Å². The van der Waals surface area contributed by atoms with Crippen LogP contribution in [0.2, 0.25) is 0 Å². The quantitative estimate of drug-likeness (QED) is 0.661. The van der Waals surface area contributed by atoms with E-state index in [1.54, 1.807) is 0 Å². The van der Waals surface area contributed by atoms with Crippen molar-refractivity contribution in [3.63, 3.8) is 0 Å². The van der Waals surface area contributed by atoms with Crippen molar-refractivity contribution in [2.24, 2.45) is 0 Å². The number of hydrogen-bond acceptors (Lipinski definition) is 2. The topological polar surface area (TPSA) is 24.1 Å². The summed E-state index contributed by atoms with van der Waals surface area (Å²) in [6.45, 7) is 2.28. The minimum atomic E-state index is 1.14. The summed E-state index contributed by atoms with van der Waals surface area (Å²) >= 11 is 0. The average Bonchev–Trinajstić information content (AvgIpc) is 2.74. The Bertz CT molecular complexity index is 192. The third-order valence-corrected chi connectivity index (χ3v) is 2.44. The van der Waals surface area contributed by atoms with E-state index in [1.165, 1.54) is 37.1 Å². The van der Waals surface area contributed by atoms with Crippen molar-refractivity contribution < 1.29 is 0 Å². The van der Waals surface area contributed by atoms with Crippen LogP contribution in [0.3, 0.4) is 0 Å². The summed E-state index contributed by atoms with van der Waals surface area (Å²) < 4.78 is 0. The zero-order chi connectivity index (χ0) is 8.23. The maximum atomic E-state index is 3.39. The van der Waals surface area contributed by atoms with E-state index in [-0.39, 0.29) is 0 Å². The van der Waals surface area contributed by atoms with Crippen LogP contribution in [-0.4, -0.2) is 13.1 Å². The Hall–Kier alpha value is -0.920. The molecule has 2 heterocycles. The second kappa shape index (κ2) is 3.65. The van der Waals surface area contributed by atoms with Gasteiger partial charge < -0.3 is 10.6 Å². The lowest BCUT2D eigenvalue weighted by Crippen LogP contribution is -2.10. The highest BCUT2D eigenvalue weighted by molar-refractivity contribution is 5.11. The Labute approximate surface area is 73.7 Å². The van der Waals surface area contributed by atoms with Gasteiger partial charge >= 0.3 is 0 Å². The summed E-state index contributed by atoms with van der Waals surface area (Å²) in [5, 5.41) is 6.77. The molecule has 2 aliphatic rings. The number of nitrogens with one attached hydrogen (secondary N) is 2. The molecular weight excluding hydrogens is 148 g/mol. The van der Waals surface area contributed by atoms with E-state index < -0.39 is 0 Å². The van der Waals surface area contributed by atoms with Gasteiger partial charge in [0.25, 0.3) is 0 Å². The van der Waals surface area contributed by atoms with Crippen LogP contribution in [0.5, 0.6) is 0 Å². The molecule has 0 aromatic rings. The molecule has 0 saturated carbocycles. The fourth-order valence-electron chi connectivity index (χ4n) is 1.75. The van der Waals surface area contributed by atoms with Gasteiger partial charge in [0.2, 0.25) is 0 Å². The molecule has 0 aromatic heterocycles. The summed E-state index contributed by atoms with van der Waals surface area (Å²) in [6, 6.07) is 0. The molecule has 66 valence electrons. The summed E-state index contributed by atoms with van der Waals surface area (Å²) in [7, 11) is 0. The van der Waals surface area contributed by atoms with Gasteiger partial charge in [-0.2, -0.15) is 0 Å². The van der Waals surface area contributed by atoms with Crippen LogP contribution in [-0.2, 0) is 0 Å². The Balaban J connectivity index is 1.74. The van der Waals surface area contributed by atoms with Crippen LogP contribution in [0.1, 0.15) is 25.7 Å². The molecule has 0 fully saturated rings. The van der Waals surface area contributed by atoms with Crippen LogP contribution in [0.15, 0.2) is 23.5 Å². The summed E-state index contributed by atoms with van der Waals surface area (Å²) in [4.78, 5) is 0. The fourth-order valence-corrected chi connectivity index (χ4v) is 1.75. The standard InChI is InChI=1S/C10H16N2/c1-3-9(11-7-1)5-6-10-4-2-8-12-10/h3-4,11-12H,1-2,5-8H2. The first-order valence-corrected chi connectivity index (χ1v) is 4.81. The van der Waals surface area contributed by atoms with E-state index in [2.05, 4.69) is 22.8 Å². The first kappa shape index (κ1) is 7.71. The lowest BCUT2D eigenvalue weighted by molar-refractivity contribution is 0.758. The van der Waals surface area contributed by atoms with Crippen LogP contribution in [0.25, 0.3) is 0 Å². The fraction of sp³-hybridized carbons (Fsp3) is 0.600. The molecule has 2 aliphatic heterocycles. The predicted octanol–water partition coefficient (Wildman–Crippen LogP) is 1.52. The molecule has 2 heteroatoms. The molecule has 0 aromatic carbocycles. The minimum absolute atomic E-state index is 1.14.